The lowest BCUT2D eigenvalue weighted by atomic mass is 10.2. The number of benzene rings is 1. The van der Waals surface area contributed by atoms with Gasteiger partial charge in [0.2, 0.25) is 0 Å². The van der Waals surface area contributed by atoms with Crippen molar-refractivity contribution in [3.05, 3.63) is 37.9 Å². The number of nitro groups is 1. The number of rotatable bonds is 7. The number of nitro benzene ring substituents is 1. The largest absolute Gasteiger partial charge is 0.351 e. The highest BCUT2D eigenvalue weighted by molar-refractivity contribution is 6.44. The minimum Gasteiger partial charge on any atom is -0.351 e. The van der Waals surface area contributed by atoms with Crippen LogP contribution in [-0.4, -0.2) is 30.5 Å². The summed E-state index contributed by atoms with van der Waals surface area (Å²) in [6.07, 6.45) is 1.00. The summed E-state index contributed by atoms with van der Waals surface area (Å²) >= 11 is 11.7. The standard InChI is InChI=1S/C12H15Cl2N3O3/c1-2-3-15-4-5-16-12(18)9-6-8(17(19)20)7-10(13)11(9)14/h6-7,15H,2-5H2,1H3,(H,16,18). The minimum atomic E-state index is -0.623. The predicted octanol–water partition coefficient (Wildman–Crippen LogP) is 2.63. The molecule has 0 saturated heterocycles. The topological polar surface area (TPSA) is 84.3 Å². The van der Waals surface area contributed by atoms with Crippen molar-refractivity contribution in [3.8, 4) is 0 Å². The van der Waals surface area contributed by atoms with E-state index in [-0.39, 0.29) is 21.3 Å². The van der Waals surface area contributed by atoms with E-state index in [4.69, 9.17) is 23.2 Å². The number of nitrogens with zero attached hydrogens (tertiary/aromatic N) is 1. The van der Waals surface area contributed by atoms with Gasteiger partial charge in [-0.15, -0.1) is 0 Å². The first-order valence-electron chi connectivity index (χ1n) is 6.09. The molecule has 1 aromatic rings. The molecular weight excluding hydrogens is 305 g/mol. The number of amides is 1. The fraction of sp³-hybridized carbons (Fsp3) is 0.417. The van der Waals surface area contributed by atoms with Crippen LogP contribution in [0.25, 0.3) is 0 Å². The van der Waals surface area contributed by atoms with E-state index in [1.807, 2.05) is 6.92 Å². The molecule has 1 amide bonds. The van der Waals surface area contributed by atoms with Crippen LogP contribution in [-0.2, 0) is 0 Å². The van der Waals surface area contributed by atoms with Crippen LogP contribution in [0, 0.1) is 10.1 Å². The molecule has 110 valence electrons. The lowest BCUT2D eigenvalue weighted by Gasteiger charge is -2.08. The van der Waals surface area contributed by atoms with Gasteiger partial charge in [-0.3, -0.25) is 14.9 Å². The van der Waals surface area contributed by atoms with Gasteiger partial charge in [-0.1, -0.05) is 30.1 Å². The lowest BCUT2D eigenvalue weighted by Crippen LogP contribution is -2.32. The SMILES string of the molecule is CCCNCCNC(=O)c1cc([N+](=O)[O-])cc(Cl)c1Cl. The van der Waals surface area contributed by atoms with E-state index >= 15 is 0 Å². The van der Waals surface area contributed by atoms with Crippen molar-refractivity contribution >= 4 is 34.8 Å². The number of hydrogen-bond acceptors (Lipinski definition) is 4. The van der Waals surface area contributed by atoms with Crippen LogP contribution in [0.15, 0.2) is 12.1 Å². The fourth-order valence-corrected chi connectivity index (χ4v) is 1.92. The molecule has 0 unspecified atom stereocenters. The van der Waals surface area contributed by atoms with Crippen LogP contribution < -0.4 is 10.6 Å². The van der Waals surface area contributed by atoms with Crippen molar-refractivity contribution in [2.75, 3.05) is 19.6 Å². The smallest absolute Gasteiger partial charge is 0.271 e. The monoisotopic (exact) mass is 319 g/mol. The summed E-state index contributed by atoms with van der Waals surface area (Å²) in [4.78, 5) is 22.0. The van der Waals surface area contributed by atoms with Crippen molar-refractivity contribution in [1.29, 1.82) is 0 Å². The zero-order valence-electron chi connectivity index (χ0n) is 10.9. The van der Waals surface area contributed by atoms with Gasteiger partial charge in [0.1, 0.15) is 0 Å². The van der Waals surface area contributed by atoms with Crippen LogP contribution in [0.5, 0.6) is 0 Å². The molecule has 0 fully saturated rings. The van der Waals surface area contributed by atoms with E-state index in [1.54, 1.807) is 0 Å². The Morgan fingerprint density at radius 3 is 2.60 bits per heavy atom. The molecule has 0 aromatic heterocycles. The highest BCUT2D eigenvalue weighted by Gasteiger charge is 2.19. The van der Waals surface area contributed by atoms with E-state index in [9.17, 15) is 14.9 Å². The number of carbonyl (C=O) groups is 1. The zero-order chi connectivity index (χ0) is 15.1. The molecule has 0 aliphatic carbocycles. The Hall–Kier alpha value is -1.37. The molecule has 0 spiro atoms. The Labute approximate surface area is 126 Å². The summed E-state index contributed by atoms with van der Waals surface area (Å²) < 4.78 is 0. The third-order valence-corrected chi connectivity index (χ3v) is 3.28. The maximum absolute atomic E-state index is 11.9. The van der Waals surface area contributed by atoms with Crippen LogP contribution in [0.1, 0.15) is 23.7 Å². The maximum Gasteiger partial charge on any atom is 0.271 e. The van der Waals surface area contributed by atoms with Crippen LogP contribution >= 0.6 is 23.2 Å². The molecule has 0 radical (unpaired) electrons. The average Bonchev–Trinajstić information content (AvgIpc) is 2.41. The zero-order valence-corrected chi connectivity index (χ0v) is 12.4. The Morgan fingerprint density at radius 1 is 1.30 bits per heavy atom. The van der Waals surface area contributed by atoms with Gasteiger partial charge in [-0.25, -0.2) is 0 Å². The summed E-state index contributed by atoms with van der Waals surface area (Å²) in [5.41, 5.74) is -0.269. The second-order valence-electron chi connectivity index (χ2n) is 4.05. The Morgan fingerprint density at radius 2 is 2.00 bits per heavy atom. The van der Waals surface area contributed by atoms with Gasteiger partial charge in [0.25, 0.3) is 11.6 Å². The van der Waals surface area contributed by atoms with Crippen molar-refractivity contribution < 1.29 is 9.72 Å². The van der Waals surface area contributed by atoms with E-state index < -0.39 is 10.8 Å². The highest BCUT2D eigenvalue weighted by Crippen LogP contribution is 2.30. The fourth-order valence-electron chi connectivity index (χ4n) is 1.51. The van der Waals surface area contributed by atoms with Crippen molar-refractivity contribution in [3.63, 3.8) is 0 Å². The quantitative estimate of drug-likeness (QED) is 0.459. The molecule has 2 N–H and O–H groups in total. The van der Waals surface area contributed by atoms with E-state index in [2.05, 4.69) is 10.6 Å². The third kappa shape index (κ3) is 4.63. The summed E-state index contributed by atoms with van der Waals surface area (Å²) in [6, 6.07) is 2.23. The summed E-state index contributed by atoms with van der Waals surface area (Å²) in [5.74, 6) is -0.487. The highest BCUT2D eigenvalue weighted by atomic mass is 35.5. The Balaban J connectivity index is 2.74. The molecule has 0 bridgehead atoms. The van der Waals surface area contributed by atoms with E-state index in [1.165, 1.54) is 0 Å². The molecule has 1 rings (SSSR count). The first-order valence-corrected chi connectivity index (χ1v) is 6.85. The first kappa shape index (κ1) is 16.7. The van der Waals surface area contributed by atoms with E-state index in [0.29, 0.717) is 13.1 Å². The molecule has 0 aliphatic heterocycles. The van der Waals surface area contributed by atoms with Gasteiger partial charge >= 0.3 is 0 Å². The van der Waals surface area contributed by atoms with Crippen LogP contribution in [0.2, 0.25) is 10.0 Å². The average molecular weight is 320 g/mol. The first-order chi connectivity index (χ1) is 9.47. The van der Waals surface area contributed by atoms with Gasteiger partial charge in [0, 0.05) is 25.2 Å². The second kappa shape index (κ2) is 8.04. The molecule has 0 heterocycles. The number of halogens is 2. The molecule has 0 saturated carbocycles. The predicted molar refractivity (Wildman–Crippen MR) is 78.6 cm³/mol. The molecule has 20 heavy (non-hydrogen) atoms. The molecule has 8 heteroatoms. The molecule has 1 aromatic carbocycles. The molecule has 0 aliphatic rings. The molecule has 0 atom stereocenters. The number of non-ortho nitro benzene ring substituents is 1. The van der Waals surface area contributed by atoms with Crippen LogP contribution in [0.4, 0.5) is 5.69 Å². The van der Waals surface area contributed by atoms with Gasteiger partial charge in [0.05, 0.1) is 20.5 Å². The van der Waals surface area contributed by atoms with E-state index in [0.717, 1.165) is 25.1 Å². The van der Waals surface area contributed by atoms with Crippen molar-refractivity contribution in [2.45, 2.75) is 13.3 Å². The number of carbonyl (C=O) groups excluding carboxylic acids is 1. The normalized spacial score (nSPS) is 10.3. The maximum atomic E-state index is 11.9. The number of hydrogen-bond donors (Lipinski definition) is 2. The minimum absolute atomic E-state index is 0.00126. The van der Waals surface area contributed by atoms with Gasteiger partial charge in [-0.05, 0) is 13.0 Å². The molecule has 6 nitrogen and oxygen atoms in total. The van der Waals surface area contributed by atoms with Gasteiger partial charge in [0.15, 0.2) is 0 Å². The Kier molecular flexibility index (Phi) is 6.70. The van der Waals surface area contributed by atoms with Crippen LogP contribution in [0.3, 0.4) is 0 Å². The summed E-state index contributed by atoms with van der Waals surface area (Å²) in [6.45, 7) is 3.91. The third-order valence-electron chi connectivity index (χ3n) is 2.48. The van der Waals surface area contributed by atoms with Gasteiger partial charge in [-0.2, -0.15) is 0 Å². The molecular formula is C12H15Cl2N3O3. The van der Waals surface area contributed by atoms with Gasteiger partial charge < -0.3 is 10.6 Å². The number of nitrogens with one attached hydrogen (secondary N) is 2. The Bertz CT molecular complexity index is 509. The lowest BCUT2D eigenvalue weighted by molar-refractivity contribution is -0.384. The summed E-state index contributed by atoms with van der Waals surface area (Å²) in [5, 5.41) is 16.5. The van der Waals surface area contributed by atoms with Crippen molar-refractivity contribution in [1.82, 2.24) is 10.6 Å². The second-order valence-corrected chi connectivity index (χ2v) is 4.84. The summed E-state index contributed by atoms with van der Waals surface area (Å²) in [7, 11) is 0. The van der Waals surface area contributed by atoms with Crippen molar-refractivity contribution in [2.24, 2.45) is 0 Å².